The number of carbonyl (C=O) groups is 1. The van der Waals surface area contributed by atoms with Gasteiger partial charge in [-0.2, -0.15) is 4.98 Å². The van der Waals surface area contributed by atoms with Gasteiger partial charge in [-0.25, -0.2) is 4.98 Å². The van der Waals surface area contributed by atoms with Crippen molar-refractivity contribution in [2.24, 2.45) is 0 Å². The van der Waals surface area contributed by atoms with Gasteiger partial charge in [-0.3, -0.25) is 4.79 Å². The molecule has 0 atom stereocenters. The summed E-state index contributed by atoms with van der Waals surface area (Å²) < 4.78 is 0. The maximum atomic E-state index is 12.5. The van der Waals surface area contributed by atoms with Gasteiger partial charge in [-0.15, -0.1) is 0 Å². The van der Waals surface area contributed by atoms with Crippen LogP contribution in [0.5, 0.6) is 0 Å². The Balaban J connectivity index is 1.72. The fourth-order valence-electron chi connectivity index (χ4n) is 2.95. The number of amides is 1. The normalized spacial score (nSPS) is 10.6. The standard InChI is InChI=1S/C22H23Cl2N5O/c1-4-29(5-2)20-12-14(3)25-22(28-20)27-17-9-7-16(8-10-17)26-21(30)18-13-15(23)6-11-19(18)24/h6-13H,4-5H2,1-3H3,(H,26,30)(H,25,27,28). The minimum atomic E-state index is -0.325. The van der Waals surface area contributed by atoms with E-state index in [2.05, 4.69) is 39.3 Å². The predicted octanol–water partition coefficient (Wildman–Crippen LogP) is 5.93. The van der Waals surface area contributed by atoms with E-state index in [9.17, 15) is 4.79 Å². The smallest absolute Gasteiger partial charge is 0.257 e. The molecule has 0 spiro atoms. The number of anilines is 4. The molecule has 0 unspecified atom stereocenters. The number of carbonyl (C=O) groups excluding carboxylic acids is 1. The lowest BCUT2D eigenvalue weighted by Gasteiger charge is -2.20. The first-order valence-electron chi connectivity index (χ1n) is 9.63. The molecule has 0 fully saturated rings. The number of aryl methyl sites for hydroxylation is 1. The maximum Gasteiger partial charge on any atom is 0.257 e. The van der Waals surface area contributed by atoms with E-state index in [0.29, 0.717) is 27.2 Å². The van der Waals surface area contributed by atoms with Gasteiger partial charge in [-0.05, 0) is 63.2 Å². The molecule has 1 amide bonds. The van der Waals surface area contributed by atoms with Crippen LogP contribution in [0.2, 0.25) is 10.0 Å². The summed E-state index contributed by atoms with van der Waals surface area (Å²) in [6.07, 6.45) is 0. The van der Waals surface area contributed by atoms with E-state index in [-0.39, 0.29) is 5.91 Å². The van der Waals surface area contributed by atoms with Gasteiger partial charge in [0.2, 0.25) is 5.95 Å². The van der Waals surface area contributed by atoms with E-state index in [1.807, 2.05) is 25.1 Å². The number of nitrogens with one attached hydrogen (secondary N) is 2. The summed E-state index contributed by atoms with van der Waals surface area (Å²) in [4.78, 5) is 23.7. The molecule has 0 aliphatic rings. The summed E-state index contributed by atoms with van der Waals surface area (Å²) in [6.45, 7) is 7.88. The van der Waals surface area contributed by atoms with Gasteiger partial charge in [0.25, 0.3) is 5.91 Å². The first-order chi connectivity index (χ1) is 14.4. The molecule has 3 rings (SSSR count). The van der Waals surface area contributed by atoms with Crippen molar-refractivity contribution in [2.45, 2.75) is 20.8 Å². The Bertz CT molecular complexity index is 1040. The van der Waals surface area contributed by atoms with Crippen molar-refractivity contribution in [2.75, 3.05) is 28.6 Å². The van der Waals surface area contributed by atoms with E-state index in [1.165, 1.54) is 6.07 Å². The highest BCUT2D eigenvalue weighted by Crippen LogP contribution is 2.23. The average molecular weight is 444 g/mol. The molecule has 8 heteroatoms. The molecule has 0 aliphatic heterocycles. The molecular formula is C22H23Cl2N5O. The fourth-order valence-corrected chi connectivity index (χ4v) is 3.33. The van der Waals surface area contributed by atoms with E-state index < -0.39 is 0 Å². The largest absolute Gasteiger partial charge is 0.357 e. The second-order valence-electron chi connectivity index (χ2n) is 6.64. The second kappa shape index (κ2) is 9.78. The number of rotatable bonds is 7. The van der Waals surface area contributed by atoms with Crippen molar-refractivity contribution < 1.29 is 4.79 Å². The Morgan fingerprint density at radius 1 is 0.967 bits per heavy atom. The van der Waals surface area contributed by atoms with E-state index in [4.69, 9.17) is 23.2 Å². The molecule has 1 aromatic heterocycles. The molecule has 2 N–H and O–H groups in total. The highest BCUT2D eigenvalue weighted by molar-refractivity contribution is 6.36. The number of halogens is 2. The van der Waals surface area contributed by atoms with Gasteiger partial charge in [0.15, 0.2) is 0 Å². The quantitative estimate of drug-likeness (QED) is 0.473. The number of benzene rings is 2. The summed E-state index contributed by atoms with van der Waals surface area (Å²) in [5, 5.41) is 6.83. The minimum absolute atomic E-state index is 0.323. The third-order valence-electron chi connectivity index (χ3n) is 4.50. The van der Waals surface area contributed by atoms with Gasteiger partial charge in [0, 0.05) is 41.2 Å². The van der Waals surface area contributed by atoms with Crippen molar-refractivity contribution in [1.29, 1.82) is 0 Å². The molecule has 0 saturated heterocycles. The Morgan fingerprint density at radius 3 is 2.30 bits per heavy atom. The minimum Gasteiger partial charge on any atom is -0.357 e. The highest BCUT2D eigenvalue weighted by Gasteiger charge is 2.12. The van der Waals surface area contributed by atoms with Crippen LogP contribution in [0.1, 0.15) is 29.9 Å². The summed E-state index contributed by atoms with van der Waals surface area (Å²) >= 11 is 12.1. The lowest BCUT2D eigenvalue weighted by Crippen LogP contribution is -2.23. The topological polar surface area (TPSA) is 70.2 Å². The molecule has 156 valence electrons. The third-order valence-corrected chi connectivity index (χ3v) is 5.06. The summed E-state index contributed by atoms with van der Waals surface area (Å²) in [7, 11) is 0. The molecule has 3 aromatic rings. The molecule has 0 aliphatic carbocycles. The number of nitrogens with zero attached hydrogens (tertiary/aromatic N) is 3. The molecule has 2 aromatic carbocycles. The SMILES string of the molecule is CCN(CC)c1cc(C)nc(Nc2ccc(NC(=O)c3cc(Cl)ccc3Cl)cc2)n1. The van der Waals surface area contributed by atoms with Crippen LogP contribution in [0, 0.1) is 6.92 Å². The monoisotopic (exact) mass is 443 g/mol. The van der Waals surface area contributed by atoms with Crippen molar-refractivity contribution in [3.05, 3.63) is 69.8 Å². The maximum absolute atomic E-state index is 12.5. The lowest BCUT2D eigenvalue weighted by molar-refractivity contribution is 0.102. The van der Waals surface area contributed by atoms with Crippen molar-refractivity contribution >= 4 is 52.3 Å². The number of aromatic nitrogens is 2. The summed E-state index contributed by atoms with van der Waals surface area (Å²) in [5.74, 6) is 1.09. The van der Waals surface area contributed by atoms with Gasteiger partial charge < -0.3 is 15.5 Å². The van der Waals surface area contributed by atoms with E-state index in [0.717, 1.165) is 30.3 Å². The fraction of sp³-hybridized carbons (Fsp3) is 0.227. The molecule has 30 heavy (non-hydrogen) atoms. The first-order valence-corrected chi connectivity index (χ1v) is 10.4. The van der Waals surface area contributed by atoms with Crippen LogP contribution >= 0.6 is 23.2 Å². The molecule has 0 radical (unpaired) electrons. The Labute approximate surface area is 186 Å². The van der Waals surface area contributed by atoms with Crippen LogP contribution in [0.3, 0.4) is 0 Å². The first kappa shape index (κ1) is 21.9. The second-order valence-corrected chi connectivity index (χ2v) is 7.49. The van der Waals surface area contributed by atoms with Gasteiger partial charge in [-0.1, -0.05) is 23.2 Å². The third kappa shape index (κ3) is 5.40. The summed E-state index contributed by atoms with van der Waals surface area (Å²) in [6, 6.07) is 14.0. The average Bonchev–Trinajstić information content (AvgIpc) is 2.72. The Kier molecular flexibility index (Phi) is 7.13. The van der Waals surface area contributed by atoms with Crippen LogP contribution in [0.4, 0.5) is 23.1 Å². The Hall–Kier alpha value is -2.83. The lowest BCUT2D eigenvalue weighted by atomic mass is 10.2. The Morgan fingerprint density at radius 2 is 1.63 bits per heavy atom. The zero-order valence-electron chi connectivity index (χ0n) is 17.0. The van der Waals surface area contributed by atoms with Crippen LogP contribution in [0.15, 0.2) is 48.5 Å². The molecule has 0 bridgehead atoms. The highest BCUT2D eigenvalue weighted by atomic mass is 35.5. The van der Waals surface area contributed by atoms with Crippen molar-refractivity contribution in [3.63, 3.8) is 0 Å². The molecule has 1 heterocycles. The van der Waals surface area contributed by atoms with E-state index in [1.54, 1.807) is 24.3 Å². The number of hydrogen-bond acceptors (Lipinski definition) is 5. The summed E-state index contributed by atoms with van der Waals surface area (Å²) in [5.41, 5.74) is 2.65. The van der Waals surface area contributed by atoms with Crippen LogP contribution in [-0.4, -0.2) is 29.0 Å². The molecule has 0 saturated carbocycles. The zero-order valence-corrected chi connectivity index (χ0v) is 18.6. The van der Waals surface area contributed by atoms with Crippen LogP contribution in [0.25, 0.3) is 0 Å². The van der Waals surface area contributed by atoms with Crippen LogP contribution in [-0.2, 0) is 0 Å². The zero-order chi connectivity index (χ0) is 21.7. The van der Waals surface area contributed by atoms with Gasteiger partial charge in [0.1, 0.15) is 5.82 Å². The molecular weight excluding hydrogens is 421 g/mol. The number of hydrogen-bond donors (Lipinski definition) is 2. The molecule has 6 nitrogen and oxygen atoms in total. The predicted molar refractivity (Wildman–Crippen MR) is 124 cm³/mol. The van der Waals surface area contributed by atoms with Crippen LogP contribution < -0.4 is 15.5 Å². The van der Waals surface area contributed by atoms with Gasteiger partial charge in [0.05, 0.1) is 10.6 Å². The van der Waals surface area contributed by atoms with Gasteiger partial charge >= 0.3 is 0 Å². The van der Waals surface area contributed by atoms with E-state index >= 15 is 0 Å². The van der Waals surface area contributed by atoms with Crippen molar-refractivity contribution in [1.82, 2.24) is 9.97 Å². The van der Waals surface area contributed by atoms with Crippen molar-refractivity contribution in [3.8, 4) is 0 Å².